The van der Waals surface area contributed by atoms with E-state index in [4.69, 9.17) is 0 Å². The summed E-state index contributed by atoms with van der Waals surface area (Å²) in [5.41, 5.74) is 3.64. The van der Waals surface area contributed by atoms with Crippen LogP contribution in [0.1, 0.15) is 24.1 Å². The highest BCUT2D eigenvalue weighted by atomic mass is 15.1. The van der Waals surface area contributed by atoms with Crippen molar-refractivity contribution in [2.24, 2.45) is 0 Å². The van der Waals surface area contributed by atoms with Crippen LogP contribution in [-0.4, -0.2) is 25.1 Å². The summed E-state index contributed by atoms with van der Waals surface area (Å²) in [6.45, 7) is 2.97. The normalized spacial score (nSPS) is 15.4. The Morgan fingerprint density at radius 2 is 2.20 bits per heavy atom. The van der Waals surface area contributed by atoms with Crippen molar-refractivity contribution in [1.82, 2.24) is 10.3 Å². The van der Waals surface area contributed by atoms with Gasteiger partial charge in [-0.3, -0.25) is 4.98 Å². The predicted octanol–water partition coefficient (Wildman–Crippen LogP) is 1.71. The number of anilines is 1. The maximum atomic E-state index is 4.35. The van der Waals surface area contributed by atoms with Gasteiger partial charge in [0.05, 0.1) is 0 Å². The van der Waals surface area contributed by atoms with Gasteiger partial charge in [-0.15, -0.1) is 0 Å². The maximum Gasteiger partial charge on any atom is 0.0440 e. The Balaban J connectivity index is 2.12. The molecule has 1 aliphatic rings. The van der Waals surface area contributed by atoms with E-state index in [1.807, 2.05) is 13.1 Å². The van der Waals surface area contributed by atoms with Crippen molar-refractivity contribution < 1.29 is 0 Å². The summed E-state index contributed by atoms with van der Waals surface area (Å²) in [6.07, 6.45) is 4.65. The monoisotopic (exact) mass is 205 g/mol. The Morgan fingerprint density at radius 1 is 1.47 bits per heavy atom. The van der Waals surface area contributed by atoms with Gasteiger partial charge in [0.1, 0.15) is 0 Å². The summed E-state index contributed by atoms with van der Waals surface area (Å²) in [4.78, 5) is 6.51. The number of rotatable bonds is 4. The fraction of sp³-hybridized carbons (Fsp3) is 0.583. The summed E-state index contributed by atoms with van der Waals surface area (Å²) >= 11 is 0. The van der Waals surface area contributed by atoms with Crippen molar-refractivity contribution in [2.75, 3.05) is 19.0 Å². The Hall–Kier alpha value is -1.09. The van der Waals surface area contributed by atoms with E-state index in [0.717, 1.165) is 18.3 Å². The minimum Gasteiger partial charge on any atom is -0.377 e. The van der Waals surface area contributed by atoms with Gasteiger partial charge in [-0.1, -0.05) is 0 Å². The van der Waals surface area contributed by atoms with Crippen LogP contribution < -0.4 is 10.2 Å². The molecule has 0 amide bonds. The van der Waals surface area contributed by atoms with Crippen LogP contribution in [0, 0.1) is 6.92 Å². The topological polar surface area (TPSA) is 28.2 Å². The molecule has 1 aromatic rings. The number of hydrogen-bond donors (Lipinski definition) is 1. The van der Waals surface area contributed by atoms with Crippen molar-refractivity contribution in [3.63, 3.8) is 0 Å². The number of aryl methyl sites for hydroxylation is 1. The van der Waals surface area contributed by atoms with E-state index in [0.29, 0.717) is 0 Å². The molecule has 1 fully saturated rings. The zero-order chi connectivity index (χ0) is 10.8. The minimum atomic E-state index is 0.751. The molecule has 2 rings (SSSR count). The molecule has 82 valence electrons. The second-order valence-electron chi connectivity index (χ2n) is 4.50. The predicted molar refractivity (Wildman–Crippen MR) is 63.2 cm³/mol. The van der Waals surface area contributed by atoms with Crippen molar-refractivity contribution in [3.05, 3.63) is 23.5 Å². The average Bonchev–Trinajstić information content (AvgIpc) is 2.99. The molecule has 0 aromatic carbocycles. The lowest BCUT2D eigenvalue weighted by Gasteiger charge is -2.18. The van der Waals surface area contributed by atoms with E-state index in [-0.39, 0.29) is 0 Å². The Kier molecular flexibility index (Phi) is 2.91. The lowest BCUT2D eigenvalue weighted by molar-refractivity contribution is 0.684. The van der Waals surface area contributed by atoms with Crippen LogP contribution in [0.4, 0.5) is 5.69 Å². The van der Waals surface area contributed by atoms with E-state index in [1.165, 1.54) is 24.1 Å². The number of aromatic nitrogens is 1. The smallest absolute Gasteiger partial charge is 0.0440 e. The summed E-state index contributed by atoms with van der Waals surface area (Å²) < 4.78 is 0. The first-order valence-electron chi connectivity index (χ1n) is 5.53. The molecule has 0 unspecified atom stereocenters. The first kappa shape index (κ1) is 10.4. The maximum absolute atomic E-state index is 4.35. The van der Waals surface area contributed by atoms with Crippen LogP contribution in [0.2, 0.25) is 0 Å². The molecule has 0 radical (unpaired) electrons. The van der Waals surface area contributed by atoms with Gasteiger partial charge < -0.3 is 10.2 Å². The molecular weight excluding hydrogens is 186 g/mol. The van der Waals surface area contributed by atoms with Crippen LogP contribution >= 0.6 is 0 Å². The molecule has 0 saturated heterocycles. The molecule has 1 heterocycles. The summed E-state index contributed by atoms with van der Waals surface area (Å²) in [7, 11) is 4.16. The van der Waals surface area contributed by atoms with Crippen LogP contribution in [-0.2, 0) is 6.54 Å². The molecule has 0 aliphatic heterocycles. The average molecular weight is 205 g/mol. The van der Waals surface area contributed by atoms with Crippen molar-refractivity contribution in [1.29, 1.82) is 0 Å². The third kappa shape index (κ3) is 2.69. The molecular formula is C12H19N3. The summed E-state index contributed by atoms with van der Waals surface area (Å²) in [5, 5.41) is 3.52. The molecule has 1 aliphatic carbocycles. The first-order chi connectivity index (χ1) is 7.16. The van der Waals surface area contributed by atoms with Gasteiger partial charge in [0.15, 0.2) is 0 Å². The highest BCUT2D eigenvalue weighted by Crippen LogP contribution is 2.22. The number of pyridine rings is 1. The van der Waals surface area contributed by atoms with E-state index in [2.05, 4.69) is 35.4 Å². The Morgan fingerprint density at radius 3 is 2.80 bits per heavy atom. The number of nitrogens with zero attached hydrogens (tertiary/aromatic N) is 2. The lowest BCUT2D eigenvalue weighted by Crippen LogP contribution is -2.19. The first-order valence-corrected chi connectivity index (χ1v) is 5.53. The highest BCUT2D eigenvalue weighted by Gasteiger charge is 2.20. The zero-order valence-corrected chi connectivity index (χ0v) is 9.75. The molecule has 1 saturated carbocycles. The molecule has 0 spiro atoms. The van der Waals surface area contributed by atoms with Crippen molar-refractivity contribution in [3.8, 4) is 0 Å². The largest absolute Gasteiger partial charge is 0.377 e. The quantitative estimate of drug-likeness (QED) is 0.811. The molecule has 3 nitrogen and oxygen atoms in total. The van der Waals surface area contributed by atoms with E-state index in [1.54, 1.807) is 0 Å². The SMILES string of the molecule is Cc1cc(N(C)C)c(CNC2CC2)cn1. The molecule has 0 atom stereocenters. The van der Waals surface area contributed by atoms with E-state index < -0.39 is 0 Å². The highest BCUT2D eigenvalue weighted by molar-refractivity contribution is 5.52. The van der Waals surface area contributed by atoms with Gasteiger partial charge in [0, 0.05) is 49.8 Å². The fourth-order valence-corrected chi connectivity index (χ4v) is 1.67. The van der Waals surface area contributed by atoms with Crippen molar-refractivity contribution in [2.45, 2.75) is 32.4 Å². The van der Waals surface area contributed by atoms with E-state index in [9.17, 15) is 0 Å². The van der Waals surface area contributed by atoms with Crippen LogP contribution in [0.15, 0.2) is 12.3 Å². The summed E-state index contributed by atoms with van der Waals surface area (Å²) in [6, 6.07) is 2.89. The standard InChI is InChI=1S/C12H19N3/c1-9-6-12(15(2)3)10(7-13-9)8-14-11-4-5-11/h6-7,11,14H,4-5,8H2,1-3H3. The third-order valence-electron chi connectivity index (χ3n) is 2.74. The van der Waals surface area contributed by atoms with Gasteiger partial charge in [0.25, 0.3) is 0 Å². The second kappa shape index (κ2) is 4.19. The summed E-state index contributed by atoms with van der Waals surface area (Å²) in [5.74, 6) is 0. The fourth-order valence-electron chi connectivity index (χ4n) is 1.67. The van der Waals surface area contributed by atoms with Gasteiger partial charge in [0.2, 0.25) is 0 Å². The molecule has 3 heteroatoms. The van der Waals surface area contributed by atoms with Crippen LogP contribution in [0.3, 0.4) is 0 Å². The van der Waals surface area contributed by atoms with Gasteiger partial charge in [-0.05, 0) is 25.8 Å². The molecule has 15 heavy (non-hydrogen) atoms. The van der Waals surface area contributed by atoms with Gasteiger partial charge in [-0.25, -0.2) is 0 Å². The number of hydrogen-bond acceptors (Lipinski definition) is 3. The van der Waals surface area contributed by atoms with E-state index >= 15 is 0 Å². The minimum absolute atomic E-state index is 0.751. The lowest BCUT2D eigenvalue weighted by atomic mass is 10.2. The zero-order valence-electron chi connectivity index (χ0n) is 9.75. The Labute approximate surface area is 91.5 Å². The number of nitrogens with one attached hydrogen (secondary N) is 1. The van der Waals surface area contributed by atoms with Gasteiger partial charge >= 0.3 is 0 Å². The van der Waals surface area contributed by atoms with Crippen LogP contribution in [0.5, 0.6) is 0 Å². The molecule has 1 aromatic heterocycles. The molecule has 1 N–H and O–H groups in total. The van der Waals surface area contributed by atoms with Crippen LogP contribution in [0.25, 0.3) is 0 Å². The van der Waals surface area contributed by atoms with Crippen molar-refractivity contribution >= 4 is 5.69 Å². The Bertz CT molecular complexity index is 343. The second-order valence-corrected chi connectivity index (χ2v) is 4.50. The van der Waals surface area contributed by atoms with Gasteiger partial charge in [-0.2, -0.15) is 0 Å². The third-order valence-corrected chi connectivity index (χ3v) is 2.74. The molecule has 0 bridgehead atoms.